The van der Waals surface area contributed by atoms with Crippen LogP contribution in [0.25, 0.3) is 0 Å². The van der Waals surface area contributed by atoms with Gasteiger partial charge in [0.2, 0.25) is 0 Å². The molecule has 0 saturated carbocycles. The fourth-order valence-corrected chi connectivity index (χ4v) is 0.446. The molecule has 64 valence electrons. The molecule has 0 N–H and O–H groups in total. The first-order chi connectivity index (χ1) is 5.72. The van der Waals surface area contributed by atoms with Gasteiger partial charge in [-0.3, -0.25) is 0 Å². The fraction of sp³-hybridized carbons (Fsp3) is 0.400. The molecule has 0 saturated heterocycles. The lowest BCUT2D eigenvalue weighted by Gasteiger charge is -1.89. The first-order valence-corrected chi connectivity index (χ1v) is 3.81. The molecule has 0 aliphatic rings. The van der Waals surface area contributed by atoms with Crippen LogP contribution >= 0.6 is 0 Å². The Kier molecular flexibility index (Phi) is 13.3. The Morgan fingerprint density at radius 1 is 1.50 bits per heavy atom. The Morgan fingerprint density at radius 2 is 2.00 bits per heavy atom. The summed E-state index contributed by atoms with van der Waals surface area (Å²) in [4.78, 5) is 0. The van der Waals surface area contributed by atoms with E-state index in [0.717, 1.165) is 19.3 Å². The molecule has 0 aromatic carbocycles. The van der Waals surface area contributed by atoms with Crippen molar-refractivity contribution < 1.29 is 0 Å². The summed E-state index contributed by atoms with van der Waals surface area (Å²) < 4.78 is 0. The second kappa shape index (κ2) is 12.2. The summed E-state index contributed by atoms with van der Waals surface area (Å²) in [6, 6.07) is 3.70. The predicted molar refractivity (Wildman–Crippen MR) is 50.1 cm³/mol. The van der Waals surface area contributed by atoms with Crippen molar-refractivity contribution in [3.8, 4) is 12.1 Å². The zero-order valence-corrected chi connectivity index (χ0v) is 7.51. The monoisotopic (exact) mass is 162 g/mol. The highest BCUT2D eigenvalue weighted by Crippen LogP contribution is 2.01. The Morgan fingerprint density at radius 3 is 2.25 bits per heavy atom. The van der Waals surface area contributed by atoms with Gasteiger partial charge in [-0.25, -0.2) is 0 Å². The molecule has 0 aliphatic carbocycles. The molecular weight excluding hydrogens is 148 g/mol. The van der Waals surface area contributed by atoms with Gasteiger partial charge in [-0.2, -0.15) is 10.5 Å². The van der Waals surface area contributed by atoms with Crippen molar-refractivity contribution in [3.05, 3.63) is 24.8 Å². The van der Waals surface area contributed by atoms with Crippen molar-refractivity contribution >= 4 is 0 Å². The van der Waals surface area contributed by atoms with Crippen LogP contribution in [-0.4, -0.2) is 0 Å². The highest BCUT2D eigenvalue weighted by molar-refractivity contribution is 5.14. The van der Waals surface area contributed by atoms with Crippen LogP contribution in [0.1, 0.15) is 26.2 Å². The minimum absolute atomic E-state index is 0.701. The molecular formula is C10H14N2. The van der Waals surface area contributed by atoms with Gasteiger partial charge in [0.1, 0.15) is 0 Å². The normalized spacial score (nSPS) is 6.58. The highest BCUT2D eigenvalue weighted by Gasteiger charge is 1.86. The third-order valence-electron chi connectivity index (χ3n) is 1.08. The first-order valence-electron chi connectivity index (χ1n) is 3.81. The minimum atomic E-state index is 0.701. The lowest BCUT2D eigenvalue weighted by molar-refractivity contribution is 0.801. The van der Waals surface area contributed by atoms with Crippen LogP contribution in [0, 0.1) is 22.7 Å². The topological polar surface area (TPSA) is 47.6 Å². The van der Waals surface area contributed by atoms with Gasteiger partial charge < -0.3 is 0 Å². The predicted octanol–water partition coefficient (Wildman–Crippen LogP) is 2.95. The molecule has 0 bridgehead atoms. The van der Waals surface area contributed by atoms with Gasteiger partial charge in [0, 0.05) is 11.6 Å². The quantitative estimate of drug-likeness (QED) is 0.599. The molecule has 2 nitrogen and oxygen atoms in total. The second-order valence-electron chi connectivity index (χ2n) is 2.15. The summed E-state index contributed by atoms with van der Waals surface area (Å²) in [5, 5.41) is 15.7. The van der Waals surface area contributed by atoms with Crippen LogP contribution in [-0.2, 0) is 0 Å². The van der Waals surface area contributed by atoms with Gasteiger partial charge in [-0.15, -0.1) is 0 Å². The third-order valence-corrected chi connectivity index (χ3v) is 1.08. The summed E-state index contributed by atoms with van der Waals surface area (Å²) >= 11 is 0. The second-order valence-corrected chi connectivity index (χ2v) is 2.15. The maximum atomic E-state index is 8.21. The van der Waals surface area contributed by atoms with Crippen LogP contribution in [0.4, 0.5) is 0 Å². The van der Waals surface area contributed by atoms with Crippen molar-refractivity contribution in [3.63, 3.8) is 0 Å². The lowest BCUT2D eigenvalue weighted by atomic mass is 10.1. The molecule has 0 spiro atoms. The van der Waals surface area contributed by atoms with E-state index in [-0.39, 0.29) is 0 Å². The van der Waals surface area contributed by atoms with Crippen molar-refractivity contribution in [2.24, 2.45) is 0 Å². The molecule has 0 aliphatic heterocycles. The van der Waals surface area contributed by atoms with Crippen molar-refractivity contribution in [1.29, 1.82) is 10.5 Å². The maximum Gasteiger partial charge on any atom is 0.0940 e. The van der Waals surface area contributed by atoms with Crippen LogP contribution in [0.5, 0.6) is 0 Å². The molecule has 2 heteroatoms. The smallest absolute Gasteiger partial charge is 0.0940 e. The van der Waals surface area contributed by atoms with E-state index in [0.29, 0.717) is 5.57 Å². The molecule has 0 aromatic rings. The number of unbranched alkanes of at least 4 members (excludes halogenated alkanes) is 1. The number of rotatable bonds is 3. The van der Waals surface area contributed by atoms with Crippen molar-refractivity contribution in [1.82, 2.24) is 0 Å². The zero-order chi connectivity index (χ0) is 9.82. The van der Waals surface area contributed by atoms with Gasteiger partial charge in [0.25, 0.3) is 0 Å². The number of allylic oxidation sites excluding steroid dienone is 2. The Bertz CT molecular complexity index is 203. The molecule has 0 aromatic heterocycles. The summed E-state index contributed by atoms with van der Waals surface area (Å²) in [5.74, 6) is 0. The summed E-state index contributed by atoms with van der Waals surface area (Å²) in [6.45, 7) is 8.77. The van der Waals surface area contributed by atoms with Gasteiger partial charge >= 0.3 is 0 Å². The van der Waals surface area contributed by atoms with E-state index in [9.17, 15) is 0 Å². The highest BCUT2D eigenvalue weighted by atomic mass is 14.2. The summed E-state index contributed by atoms with van der Waals surface area (Å²) in [7, 11) is 0. The summed E-state index contributed by atoms with van der Waals surface area (Å²) in [5.41, 5.74) is 0.701. The minimum Gasteiger partial charge on any atom is -0.193 e. The van der Waals surface area contributed by atoms with Crippen LogP contribution < -0.4 is 0 Å². The van der Waals surface area contributed by atoms with E-state index in [1.165, 1.54) is 6.08 Å². The van der Waals surface area contributed by atoms with Gasteiger partial charge in [0.05, 0.1) is 12.1 Å². The number of hydrogen-bond donors (Lipinski definition) is 0. The van der Waals surface area contributed by atoms with E-state index in [1.54, 1.807) is 6.07 Å². The molecule has 0 amide bonds. The summed E-state index contributed by atoms with van der Waals surface area (Å²) in [6.07, 6.45) is 4.28. The Balaban J connectivity index is 0. The largest absolute Gasteiger partial charge is 0.193 e. The maximum absolute atomic E-state index is 8.21. The van der Waals surface area contributed by atoms with E-state index in [4.69, 9.17) is 10.5 Å². The Hall–Kier alpha value is -1.54. The molecule has 0 atom stereocenters. The molecule has 0 radical (unpaired) electrons. The molecule has 0 heterocycles. The van der Waals surface area contributed by atoms with Crippen molar-refractivity contribution in [2.75, 3.05) is 0 Å². The van der Waals surface area contributed by atoms with Crippen LogP contribution in [0.15, 0.2) is 24.8 Å². The van der Waals surface area contributed by atoms with E-state index in [1.807, 2.05) is 6.07 Å². The Labute approximate surface area is 74.4 Å². The molecule has 0 unspecified atom stereocenters. The average Bonchev–Trinajstić information content (AvgIpc) is 2.14. The van der Waals surface area contributed by atoms with E-state index < -0.39 is 0 Å². The lowest BCUT2D eigenvalue weighted by Crippen LogP contribution is -1.74. The van der Waals surface area contributed by atoms with Gasteiger partial charge in [0.15, 0.2) is 0 Å². The zero-order valence-electron chi connectivity index (χ0n) is 7.51. The van der Waals surface area contributed by atoms with Gasteiger partial charge in [-0.1, -0.05) is 26.5 Å². The third kappa shape index (κ3) is 15.8. The average molecular weight is 162 g/mol. The number of nitrogens with zero attached hydrogens (tertiary/aromatic N) is 2. The van der Waals surface area contributed by atoms with Crippen LogP contribution in [0.3, 0.4) is 0 Å². The number of nitriles is 2. The standard InChI is InChI=1S/C7H11N.C3H3N/c1-3-4-5-7(2)6-8;1-2-3-4/h2-5H2,1H3;2H,1H2. The molecule has 12 heavy (non-hydrogen) atoms. The van der Waals surface area contributed by atoms with Gasteiger partial charge in [-0.05, 0) is 12.8 Å². The number of hydrogen-bond acceptors (Lipinski definition) is 2. The molecule has 0 rings (SSSR count). The molecule has 0 fully saturated rings. The van der Waals surface area contributed by atoms with E-state index in [2.05, 4.69) is 20.1 Å². The van der Waals surface area contributed by atoms with Crippen molar-refractivity contribution in [2.45, 2.75) is 26.2 Å². The SMILES string of the molecule is C=C(C#N)CCCC.C=CC#N. The first kappa shape index (κ1) is 13.1. The van der Waals surface area contributed by atoms with Crippen LogP contribution in [0.2, 0.25) is 0 Å². The van der Waals surface area contributed by atoms with E-state index >= 15 is 0 Å². The fourth-order valence-electron chi connectivity index (χ4n) is 0.446.